The molecule has 1 saturated heterocycles. The Morgan fingerprint density at radius 3 is 2.35 bits per heavy atom. The average molecular weight is 547 g/mol. The third kappa shape index (κ3) is 5.33. The number of aliphatic hydroxyl groups excluding tert-OH is 1. The number of aliphatic hydroxyl groups is 1. The highest BCUT2D eigenvalue weighted by Gasteiger charge is 2.68. The van der Waals surface area contributed by atoms with Gasteiger partial charge in [-0.15, -0.1) is 0 Å². The Balaban J connectivity index is 1.29. The van der Waals surface area contributed by atoms with Gasteiger partial charge in [0.15, 0.2) is 0 Å². The zero-order valence-corrected chi connectivity index (χ0v) is 24.5. The summed E-state index contributed by atoms with van der Waals surface area (Å²) >= 11 is 0. The van der Waals surface area contributed by atoms with E-state index in [4.69, 9.17) is 9.31 Å². The fourth-order valence-electron chi connectivity index (χ4n) is 7.19. The van der Waals surface area contributed by atoms with Gasteiger partial charge in [0.1, 0.15) is 6.04 Å². The highest BCUT2D eigenvalue weighted by Crippen LogP contribution is 2.65. The fraction of sp³-hybridized carbons (Fsp3) is 0.562. The minimum atomic E-state index is -1.13. The molecule has 40 heavy (non-hydrogen) atoms. The minimum Gasteiger partial charge on any atom is -0.404 e. The van der Waals surface area contributed by atoms with Crippen LogP contribution in [0.3, 0.4) is 0 Å². The van der Waals surface area contributed by atoms with Crippen LogP contribution in [0.1, 0.15) is 71.2 Å². The van der Waals surface area contributed by atoms with Crippen LogP contribution in [0.2, 0.25) is 0 Å². The van der Waals surface area contributed by atoms with E-state index in [0.29, 0.717) is 23.8 Å². The fourth-order valence-corrected chi connectivity index (χ4v) is 7.19. The molecular formula is C32H43BN2O5. The molecule has 7 nitrogen and oxygen atoms in total. The molecule has 0 radical (unpaired) electrons. The van der Waals surface area contributed by atoms with Gasteiger partial charge in [0.2, 0.25) is 5.91 Å². The molecule has 2 aromatic carbocycles. The van der Waals surface area contributed by atoms with Crippen LogP contribution >= 0.6 is 0 Å². The van der Waals surface area contributed by atoms with E-state index in [-0.39, 0.29) is 23.0 Å². The summed E-state index contributed by atoms with van der Waals surface area (Å²) in [4.78, 5) is 26.8. The molecule has 3 saturated carbocycles. The van der Waals surface area contributed by atoms with E-state index in [0.717, 1.165) is 24.0 Å². The summed E-state index contributed by atoms with van der Waals surface area (Å²) in [6.45, 7) is 12.5. The molecule has 2 amide bonds. The highest BCUT2D eigenvalue weighted by atomic mass is 16.7. The molecule has 1 aliphatic heterocycles. The third-order valence-corrected chi connectivity index (χ3v) is 9.63. The first kappa shape index (κ1) is 28.8. The Bertz CT molecular complexity index is 1230. The van der Waals surface area contributed by atoms with Gasteiger partial charge in [0, 0.05) is 5.56 Å². The molecule has 6 rings (SSSR count). The van der Waals surface area contributed by atoms with E-state index in [9.17, 15) is 14.7 Å². The van der Waals surface area contributed by atoms with Crippen LogP contribution in [-0.2, 0) is 14.1 Å². The monoisotopic (exact) mass is 546 g/mol. The molecule has 0 aromatic heterocycles. The minimum absolute atomic E-state index is 0.00463. The number of hydrogen-bond donors (Lipinski definition) is 3. The van der Waals surface area contributed by atoms with Crippen molar-refractivity contribution in [2.45, 2.75) is 90.6 Å². The maximum absolute atomic E-state index is 13.6. The quantitative estimate of drug-likeness (QED) is 0.399. The zero-order chi connectivity index (χ0) is 28.8. The van der Waals surface area contributed by atoms with E-state index in [1.54, 1.807) is 12.1 Å². The van der Waals surface area contributed by atoms with Crippen LogP contribution in [0.15, 0.2) is 54.6 Å². The van der Waals surface area contributed by atoms with Crippen molar-refractivity contribution in [1.82, 2.24) is 10.6 Å². The number of benzene rings is 2. The summed E-state index contributed by atoms with van der Waals surface area (Å²) in [5, 5.41) is 16.4. The van der Waals surface area contributed by atoms with E-state index >= 15 is 0 Å². The molecular weight excluding hydrogens is 503 g/mol. The average Bonchev–Trinajstić information content (AvgIpc) is 3.28. The maximum Gasteiger partial charge on any atom is 0.481 e. The summed E-state index contributed by atoms with van der Waals surface area (Å²) in [5.41, 5.74) is 2.14. The SMILES string of the molecule is CC(C)C[C@H](NC(=O)[C@@H](NC(=O)c1cccc(-c2ccccc2)c1)[C@@H](C)O)B1O[C@@H]2C[C@H]3C[C@H](C3(C)C)[C@]2(C)O1. The van der Waals surface area contributed by atoms with Crippen molar-refractivity contribution >= 4 is 18.9 Å². The summed E-state index contributed by atoms with van der Waals surface area (Å²) in [6.07, 6.45) is 1.67. The first-order valence-electron chi connectivity index (χ1n) is 14.7. The molecule has 2 bridgehead atoms. The Kier molecular flexibility index (Phi) is 7.90. The standard InChI is InChI=1S/C32H43BN2O5/c1-19(2)15-27(33-39-26-18-24-17-25(31(24,4)5)32(26,6)40-33)34-30(38)28(20(3)36)35-29(37)23-14-10-13-22(16-23)21-11-8-7-9-12-21/h7-14,16,19-20,24-28,36H,15,17-18H2,1-6H3,(H,34,38)(H,35,37)/t20-,24-,25-,26-,27+,28+,32+/m1/s1. The topological polar surface area (TPSA) is 96.9 Å². The van der Waals surface area contributed by atoms with Crippen molar-refractivity contribution in [2.75, 3.05) is 0 Å². The summed E-state index contributed by atoms with van der Waals surface area (Å²) in [5.74, 6) is 0.0398. The van der Waals surface area contributed by atoms with Crippen molar-refractivity contribution in [2.24, 2.45) is 23.2 Å². The van der Waals surface area contributed by atoms with Crippen molar-refractivity contribution in [3.05, 3.63) is 60.2 Å². The smallest absolute Gasteiger partial charge is 0.404 e. The second-order valence-electron chi connectivity index (χ2n) is 13.2. The van der Waals surface area contributed by atoms with E-state index in [1.165, 1.54) is 6.92 Å². The van der Waals surface area contributed by atoms with Gasteiger partial charge < -0.3 is 25.0 Å². The van der Waals surface area contributed by atoms with Crippen LogP contribution in [0.25, 0.3) is 11.1 Å². The lowest BCUT2D eigenvalue weighted by atomic mass is 9.43. The summed E-state index contributed by atoms with van der Waals surface area (Å²) in [6, 6.07) is 15.9. The molecule has 8 heteroatoms. The molecule has 4 fully saturated rings. The molecule has 0 unspecified atom stereocenters. The number of nitrogens with one attached hydrogen (secondary N) is 2. The van der Waals surface area contributed by atoms with Crippen LogP contribution in [0.5, 0.6) is 0 Å². The lowest BCUT2D eigenvalue weighted by Crippen LogP contribution is -2.65. The summed E-state index contributed by atoms with van der Waals surface area (Å²) in [7, 11) is -0.579. The Morgan fingerprint density at radius 2 is 1.70 bits per heavy atom. The van der Waals surface area contributed by atoms with Crippen LogP contribution in [0.4, 0.5) is 0 Å². The normalized spacial score (nSPS) is 28.7. The Labute approximate surface area is 238 Å². The molecule has 0 spiro atoms. The van der Waals surface area contributed by atoms with Gasteiger partial charge in [0.05, 0.1) is 23.8 Å². The molecule has 1 heterocycles. The van der Waals surface area contributed by atoms with Gasteiger partial charge in [-0.3, -0.25) is 9.59 Å². The molecule has 7 atom stereocenters. The van der Waals surface area contributed by atoms with Crippen LogP contribution in [0, 0.1) is 23.2 Å². The van der Waals surface area contributed by atoms with E-state index in [2.05, 4.69) is 45.3 Å². The molecule has 2 aromatic rings. The van der Waals surface area contributed by atoms with Crippen LogP contribution in [-0.4, -0.2) is 53.8 Å². The van der Waals surface area contributed by atoms with Crippen molar-refractivity contribution in [3.63, 3.8) is 0 Å². The van der Waals surface area contributed by atoms with E-state index in [1.807, 2.05) is 42.5 Å². The predicted octanol–water partition coefficient (Wildman–Crippen LogP) is 4.63. The van der Waals surface area contributed by atoms with Gasteiger partial charge in [-0.1, -0.05) is 70.2 Å². The Morgan fingerprint density at radius 1 is 1.00 bits per heavy atom. The zero-order valence-electron chi connectivity index (χ0n) is 24.5. The number of rotatable bonds is 9. The van der Waals surface area contributed by atoms with Crippen molar-refractivity contribution < 1.29 is 24.0 Å². The largest absolute Gasteiger partial charge is 0.481 e. The lowest BCUT2D eigenvalue weighted by molar-refractivity contribution is -0.199. The maximum atomic E-state index is 13.6. The first-order valence-corrected chi connectivity index (χ1v) is 14.7. The number of carbonyl (C=O) groups is 2. The summed E-state index contributed by atoms with van der Waals surface area (Å²) < 4.78 is 13.1. The lowest BCUT2D eigenvalue weighted by Gasteiger charge is -2.64. The third-order valence-electron chi connectivity index (χ3n) is 9.63. The Hall–Kier alpha value is -2.68. The highest BCUT2D eigenvalue weighted by molar-refractivity contribution is 6.48. The van der Waals surface area contributed by atoms with Crippen LogP contribution < -0.4 is 10.6 Å². The second-order valence-corrected chi connectivity index (χ2v) is 13.2. The molecule has 3 N–H and O–H groups in total. The van der Waals surface area contributed by atoms with Crippen molar-refractivity contribution in [3.8, 4) is 11.1 Å². The number of amides is 2. The van der Waals surface area contributed by atoms with E-state index < -0.39 is 37.0 Å². The second kappa shape index (κ2) is 11.0. The number of hydrogen-bond acceptors (Lipinski definition) is 5. The van der Waals surface area contributed by atoms with Gasteiger partial charge >= 0.3 is 7.12 Å². The predicted molar refractivity (Wildman–Crippen MR) is 156 cm³/mol. The van der Waals surface area contributed by atoms with Gasteiger partial charge in [-0.2, -0.15) is 0 Å². The molecule has 214 valence electrons. The van der Waals surface area contributed by atoms with Gasteiger partial charge in [-0.05, 0) is 79.5 Å². The molecule has 4 aliphatic rings. The van der Waals surface area contributed by atoms with Crippen molar-refractivity contribution in [1.29, 1.82) is 0 Å². The number of carbonyl (C=O) groups excluding carboxylic acids is 2. The molecule has 3 aliphatic carbocycles. The van der Waals surface area contributed by atoms with Gasteiger partial charge in [0.25, 0.3) is 5.91 Å². The first-order chi connectivity index (χ1) is 18.9. The van der Waals surface area contributed by atoms with Gasteiger partial charge in [-0.25, -0.2) is 0 Å².